The maximum Gasteiger partial charge on any atom is 0.160 e. The lowest BCUT2D eigenvalue weighted by molar-refractivity contribution is 0.254. The number of aromatic nitrogens is 1. The number of hydrogen-bond acceptors (Lipinski definition) is 6. The number of phenols is 1. The predicted molar refractivity (Wildman–Crippen MR) is 100 cm³/mol. The van der Waals surface area contributed by atoms with E-state index in [1.165, 1.54) is 0 Å². The molecule has 130 valence electrons. The van der Waals surface area contributed by atoms with Crippen LogP contribution in [0.5, 0.6) is 11.5 Å². The van der Waals surface area contributed by atoms with Crippen molar-refractivity contribution in [2.45, 2.75) is 31.5 Å². The van der Waals surface area contributed by atoms with Gasteiger partial charge in [0, 0.05) is 18.0 Å². The third-order valence-corrected chi connectivity index (χ3v) is 6.00. The lowest BCUT2D eigenvalue weighted by atomic mass is 9.95. The topological polar surface area (TPSA) is 58.0 Å². The second kappa shape index (κ2) is 6.59. The van der Waals surface area contributed by atoms with Crippen LogP contribution in [0.3, 0.4) is 0 Å². The summed E-state index contributed by atoms with van der Waals surface area (Å²) in [4.78, 5) is 12.0. The summed E-state index contributed by atoms with van der Waals surface area (Å²) < 4.78 is 5.32. The van der Waals surface area contributed by atoms with Crippen molar-refractivity contribution in [1.82, 2.24) is 9.88 Å². The van der Waals surface area contributed by atoms with Gasteiger partial charge in [0.25, 0.3) is 0 Å². The van der Waals surface area contributed by atoms with Gasteiger partial charge in [-0.15, -0.1) is 0 Å². The summed E-state index contributed by atoms with van der Waals surface area (Å²) in [7, 11) is 1.58. The SMILES string of the molecule is CCC1CSC2=NC(c3ccccn3)C(c3ccc(O)c(OC)c3)N21. The summed E-state index contributed by atoms with van der Waals surface area (Å²) >= 11 is 1.82. The number of benzene rings is 1. The second-order valence-electron chi connectivity index (χ2n) is 6.27. The molecule has 5 nitrogen and oxygen atoms in total. The van der Waals surface area contributed by atoms with E-state index in [9.17, 15) is 5.11 Å². The molecule has 0 spiro atoms. The molecule has 1 N–H and O–H groups in total. The Hall–Kier alpha value is -2.21. The fourth-order valence-electron chi connectivity index (χ4n) is 3.59. The Balaban J connectivity index is 1.80. The van der Waals surface area contributed by atoms with E-state index in [2.05, 4.69) is 16.8 Å². The van der Waals surface area contributed by atoms with Crippen LogP contribution in [0.15, 0.2) is 47.6 Å². The van der Waals surface area contributed by atoms with Crippen LogP contribution in [0.1, 0.15) is 36.7 Å². The van der Waals surface area contributed by atoms with Gasteiger partial charge in [0.05, 0.1) is 18.8 Å². The van der Waals surface area contributed by atoms with Crippen LogP contribution >= 0.6 is 11.8 Å². The van der Waals surface area contributed by atoms with Crippen molar-refractivity contribution in [1.29, 1.82) is 0 Å². The van der Waals surface area contributed by atoms with Crippen LogP contribution in [0.4, 0.5) is 0 Å². The number of rotatable bonds is 4. The summed E-state index contributed by atoms with van der Waals surface area (Å²) in [5.74, 6) is 1.71. The van der Waals surface area contributed by atoms with Crippen molar-refractivity contribution in [3.63, 3.8) is 0 Å². The first-order valence-corrected chi connectivity index (χ1v) is 9.48. The highest BCUT2D eigenvalue weighted by Crippen LogP contribution is 2.49. The zero-order valence-electron chi connectivity index (χ0n) is 14.3. The van der Waals surface area contributed by atoms with Crippen LogP contribution in [0, 0.1) is 0 Å². The van der Waals surface area contributed by atoms with Gasteiger partial charge in [0.1, 0.15) is 6.04 Å². The zero-order valence-corrected chi connectivity index (χ0v) is 15.1. The summed E-state index contributed by atoms with van der Waals surface area (Å²) in [6, 6.07) is 12.0. The van der Waals surface area contributed by atoms with Crippen molar-refractivity contribution in [3.8, 4) is 11.5 Å². The van der Waals surface area contributed by atoms with Crippen molar-refractivity contribution in [2.75, 3.05) is 12.9 Å². The predicted octanol–water partition coefficient (Wildman–Crippen LogP) is 3.78. The van der Waals surface area contributed by atoms with E-state index in [0.29, 0.717) is 11.8 Å². The van der Waals surface area contributed by atoms with E-state index in [1.807, 2.05) is 48.3 Å². The lowest BCUT2D eigenvalue weighted by Gasteiger charge is -2.32. The number of aromatic hydroxyl groups is 1. The Morgan fingerprint density at radius 1 is 1.32 bits per heavy atom. The first-order chi connectivity index (χ1) is 12.2. The largest absolute Gasteiger partial charge is 0.504 e. The molecule has 1 fully saturated rings. The highest BCUT2D eigenvalue weighted by Gasteiger charge is 2.45. The average molecular weight is 355 g/mol. The molecule has 1 saturated heterocycles. The normalized spacial score (nSPS) is 25.0. The number of fused-ring (bicyclic) bond motifs is 1. The molecular formula is C19H21N3O2S. The molecule has 2 aromatic rings. The molecule has 4 rings (SSSR count). The molecule has 3 atom stereocenters. The fourth-order valence-corrected chi connectivity index (χ4v) is 4.93. The number of nitrogens with zero attached hydrogens (tertiary/aromatic N) is 3. The van der Waals surface area contributed by atoms with E-state index in [-0.39, 0.29) is 17.8 Å². The number of thioether (sulfide) groups is 1. The third kappa shape index (κ3) is 2.74. The summed E-state index contributed by atoms with van der Waals surface area (Å²) in [6.45, 7) is 2.22. The lowest BCUT2D eigenvalue weighted by Crippen LogP contribution is -2.35. The Bertz CT molecular complexity index is 797. The smallest absolute Gasteiger partial charge is 0.160 e. The maximum absolute atomic E-state index is 9.96. The van der Waals surface area contributed by atoms with Crippen LogP contribution in [-0.2, 0) is 0 Å². The summed E-state index contributed by atoms with van der Waals surface area (Å²) in [6.07, 6.45) is 2.89. The number of pyridine rings is 1. The first kappa shape index (κ1) is 16.3. The molecular weight excluding hydrogens is 334 g/mol. The second-order valence-corrected chi connectivity index (χ2v) is 7.25. The van der Waals surface area contributed by atoms with Gasteiger partial charge in [0.2, 0.25) is 0 Å². The quantitative estimate of drug-likeness (QED) is 0.905. The van der Waals surface area contributed by atoms with Gasteiger partial charge in [-0.2, -0.15) is 0 Å². The number of phenolic OH excluding ortho intramolecular Hbond substituents is 1. The average Bonchev–Trinajstić information content (AvgIpc) is 3.22. The number of methoxy groups -OCH3 is 1. The van der Waals surface area contributed by atoms with Crippen molar-refractivity contribution in [3.05, 3.63) is 53.9 Å². The standard InChI is InChI=1S/C19H21N3O2S/c1-3-13-11-25-19-21-17(14-6-4-5-9-20-14)18(22(13)19)12-7-8-15(23)16(10-12)24-2/h4-10,13,17-18,23H,3,11H2,1-2H3. The van der Waals surface area contributed by atoms with Crippen molar-refractivity contribution in [2.24, 2.45) is 4.99 Å². The zero-order chi connectivity index (χ0) is 17.4. The van der Waals surface area contributed by atoms with Gasteiger partial charge in [-0.25, -0.2) is 0 Å². The van der Waals surface area contributed by atoms with E-state index in [0.717, 1.165) is 28.6 Å². The maximum atomic E-state index is 9.96. The number of aliphatic imine (C=N–C) groups is 1. The van der Waals surface area contributed by atoms with Crippen molar-refractivity contribution < 1.29 is 9.84 Å². The molecule has 1 aromatic carbocycles. The highest BCUT2D eigenvalue weighted by atomic mass is 32.2. The minimum atomic E-state index is -0.0488. The van der Waals surface area contributed by atoms with Gasteiger partial charge >= 0.3 is 0 Å². The Labute approximate surface area is 151 Å². The molecule has 0 saturated carbocycles. The van der Waals surface area contributed by atoms with E-state index in [4.69, 9.17) is 9.73 Å². The van der Waals surface area contributed by atoms with E-state index >= 15 is 0 Å². The van der Waals surface area contributed by atoms with Crippen LogP contribution in [-0.4, -0.2) is 39.1 Å². The molecule has 6 heteroatoms. The van der Waals surface area contributed by atoms with Crippen molar-refractivity contribution >= 4 is 16.9 Å². The molecule has 0 radical (unpaired) electrons. The minimum absolute atomic E-state index is 0.0488. The summed E-state index contributed by atoms with van der Waals surface area (Å²) in [5.41, 5.74) is 2.06. The van der Waals surface area contributed by atoms with Gasteiger partial charge in [-0.1, -0.05) is 30.8 Å². The van der Waals surface area contributed by atoms with Crippen LogP contribution < -0.4 is 4.74 Å². The number of hydrogen-bond donors (Lipinski definition) is 1. The van der Waals surface area contributed by atoms with Gasteiger partial charge in [0.15, 0.2) is 16.7 Å². The van der Waals surface area contributed by atoms with E-state index < -0.39 is 0 Å². The molecule has 1 aromatic heterocycles. The molecule has 0 amide bonds. The Morgan fingerprint density at radius 3 is 2.92 bits per heavy atom. The van der Waals surface area contributed by atoms with Gasteiger partial charge in [-0.3, -0.25) is 9.98 Å². The monoisotopic (exact) mass is 355 g/mol. The third-order valence-electron chi connectivity index (χ3n) is 4.87. The van der Waals surface area contributed by atoms with Gasteiger partial charge < -0.3 is 14.7 Å². The van der Waals surface area contributed by atoms with Gasteiger partial charge in [-0.05, 0) is 36.2 Å². The summed E-state index contributed by atoms with van der Waals surface area (Å²) in [5, 5.41) is 11.1. The molecule has 2 aliphatic heterocycles. The minimum Gasteiger partial charge on any atom is -0.504 e. The first-order valence-electron chi connectivity index (χ1n) is 8.49. The molecule has 3 unspecified atom stereocenters. The molecule has 0 aliphatic carbocycles. The molecule has 2 aliphatic rings. The molecule has 3 heterocycles. The van der Waals surface area contributed by atoms with Crippen LogP contribution in [0.25, 0.3) is 0 Å². The number of amidine groups is 1. The fraction of sp³-hybridized carbons (Fsp3) is 0.368. The number of ether oxygens (including phenoxy) is 1. The highest BCUT2D eigenvalue weighted by molar-refractivity contribution is 8.14. The Morgan fingerprint density at radius 2 is 2.20 bits per heavy atom. The van der Waals surface area contributed by atoms with Crippen LogP contribution in [0.2, 0.25) is 0 Å². The molecule has 25 heavy (non-hydrogen) atoms. The van der Waals surface area contributed by atoms with E-state index in [1.54, 1.807) is 13.2 Å². The Kier molecular flexibility index (Phi) is 4.29. The molecule has 0 bridgehead atoms.